The second-order valence-corrected chi connectivity index (χ2v) is 7.38. The lowest BCUT2D eigenvalue weighted by atomic mass is 9.92. The van der Waals surface area contributed by atoms with E-state index in [-0.39, 0.29) is 11.7 Å². The van der Waals surface area contributed by atoms with Crippen LogP contribution in [-0.4, -0.2) is 4.98 Å². The lowest BCUT2D eigenvalue weighted by molar-refractivity contribution is 0.304. The number of nitrogens with zero attached hydrogens (tertiary/aromatic N) is 1. The fourth-order valence-corrected chi connectivity index (χ4v) is 3.10. The van der Waals surface area contributed by atoms with Crippen LogP contribution in [0, 0.1) is 5.82 Å². The standard InChI is InChI=1S/C24H26FNO/c1-16(2)23-14-21(18-10-12-19(25)13-11-18)22(24(26-23)17(3)4)15-27-20-8-6-5-7-9-20/h5-14,16-17H,15H2,1-4H3. The molecule has 0 aliphatic rings. The van der Waals surface area contributed by atoms with Gasteiger partial charge in [0, 0.05) is 11.3 Å². The first-order valence-corrected chi connectivity index (χ1v) is 9.43. The Morgan fingerprint density at radius 2 is 1.56 bits per heavy atom. The number of aromatic nitrogens is 1. The summed E-state index contributed by atoms with van der Waals surface area (Å²) in [5, 5.41) is 0. The maximum absolute atomic E-state index is 13.5. The van der Waals surface area contributed by atoms with E-state index in [0.29, 0.717) is 12.5 Å². The molecule has 3 rings (SSSR count). The van der Waals surface area contributed by atoms with E-state index in [4.69, 9.17) is 9.72 Å². The summed E-state index contributed by atoms with van der Waals surface area (Å²) in [5.74, 6) is 1.16. The van der Waals surface area contributed by atoms with Gasteiger partial charge in [0.25, 0.3) is 0 Å². The Labute approximate surface area is 161 Å². The van der Waals surface area contributed by atoms with Gasteiger partial charge >= 0.3 is 0 Å². The molecule has 0 saturated carbocycles. The van der Waals surface area contributed by atoms with Crippen molar-refractivity contribution in [3.8, 4) is 16.9 Å². The van der Waals surface area contributed by atoms with Gasteiger partial charge in [0.2, 0.25) is 0 Å². The number of ether oxygens (including phenoxy) is 1. The van der Waals surface area contributed by atoms with E-state index >= 15 is 0 Å². The van der Waals surface area contributed by atoms with Crippen LogP contribution < -0.4 is 4.74 Å². The Hall–Kier alpha value is -2.68. The minimum Gasteiger partial charge on any atom is -0.489 e. The Balaban J connectivity index is 2.10. The van der Waals surface area contributed by atoms with Crippen LogP contribution in [-0.2, 0) is 6.61 Å². The molecule has 0 radical (unpaired) electrons. The van der Waals surface area contributed by atoms with Crippen LogP contribution in [0.1, 0.15) is 56.5 Å². The predicted molar refractivity (Wildman–Crippen MR) is 109 cm³/mol. The van der Waals surface area contributed by atoms with Crippen molar-refractivity contribution in [3.63, 3.8) is 0 Å². The van der Waals surface area contributed by atoms with Crippen molar-refractivity contribution < 1.29 is 9.13 Å². The lowest BCUT2D eigenvalue weighted by Gasteiger charge is -2.20. The second-order valence-electron chi connectivity index (χ2n) is 7.38. The van der Waals surface area contributed by atoms with Gasteiger partial charge in [-0.1, -0.05) is 58.0 Å². The summed E-state index contributed by atoms with van der Waals surface area (Å²) in [6.07, 6.45) is 0. The molecule has 27 heavy (non-hydrogen) atoms. The number of pyridine rings is 1. The summed E-state index contributed by atoms with van der Waals surface area (Å²) >= 11 is 0. The minimum absolute atomic E-state index is 0.233. The van der Waals surface area contributed by atoms with Gasteiger partial charge in [-0.05, 0) is 53.3 Å². The largest absolute Gasteiger partial charge is 0.489 e. The molecule has 0 bridgehead atoms. The normalized spacial score (nSPS) is 11.2. The summed E-state index contributed by atoms with van der Waals surface area (Å²) in [6, 6.07) is 18.5. The lowest BCUT2D eigenvalue weighted by Crippen LogP contribution is -2.09. The first kappa shape index (κ1) is 19.1. The molecule has 0 amide bonds. The maximum atomic E-state index is 13.5. The van der Waals surface area contributed by atoms with Crippen LogP contribution in [0.5, 0.6) is 5.75 Å². The fourth-order valence-electron chi connectivity index (χ4n) is 3.10. The van der Waals surface area contributed by atoms with Gasteiger partial charge in [0.15, 0.2) is 0 Å². The van der Waals surface area contributed by atoms with Crippen LogP contribution in [0.2, 0.25) is 0 Å². The summed E-state index contributed by atoms with van der Waals surface area (Å²) in [6.45, 7) is 9.00. The van der Waals surface area contributed by atoms with Crippen LogP contribution in [0.4, 0.5) is 4.39 Å². The summed E-state index contributed by atoms with van der Waals surface area (Å²) in [7, 11) is 0. The molecule has 3 aromatic rings. The van der Waals surface area contributed by atoms with Crippen molar-refractivity contribution in [2.24, 2.45) is 0 Å². The monoisotopic (exact) mass is 363 g/mol. The van der Waals surface area contributed by atoms with Crippen molar-refractivity contribution in [1.29, 1.82) is 0 Å². The zero-order valence-corrected chi connectivity index (χ0v) is 16.4. The van der Waals surface area contributed by atoms with Gasteiger partial charge in [-0.25, -0.2) is 4.39 Å². The zero-order chi connectivity index (χ0) is 19.4. The molecular formula is C24H26FNO. The summed E-state index contributed by atoms with van der Waals surface area (Å²) in [5.41, 5.74) is 5.19. The molecule has 0 N–H and O–H groups in total. The highest BCUT2D eigenvalue weighted by atomic mass is 19.1. The highest BCUT2D eigenvalue weighted by Crippen LogP contribution is 2.33. The van der Waals surface area contributed by atoms with Crippen molar-refractivity contribution in [2.75, 3.05) is 0 Å². The Morgan fingerprint density at radius 1 is 0.889 bits per heavy atom. The van der Waals surface area contributed by atoms with Crippen LogP contribution in [0.3, 0.4) is 0 Å². The van der Waals surface area contributed by atoms with E-state index < -0.39 is 0 Å². The van der Waals surface area contributed by atoms with E-state index in [0.717, 1.165) is 33.8 Å². The van der Waals surface area contributed by atoms with E-state index in [9.17, 15) is 4.39 Å². The molecule has 0 atom stereocenters. The van der Waals surface area contributed by atoms with E-state index in [2.05, 4.69) is 33.8 Å². The Morgan fingerprint density at radius 3 is 2.15 bits per heavy atom. The third kappa shape index (κ3) is 4.54. The topological polar surface area (TPSA) is 22.1 Å². The molecule has 0 fully saturated rings. The molecule has 0 spiro atoms. The zero-order valence-electron chi connectivity index (χ0n) is 16.4. The molecule has 0 unspecified atom stereocenters. The Bertz CT molecular complexity index is 886. The molecule has 1 heterocycles. The molecule has 2 nitrogen and oxygen atoms in total. The van der Waals surface area contributed by atoms with Crippen LogP contribution in [0.25, 0.3) is 11.1 Å². The first-order valence-electron chi connectivity index (χ1n) is 9.43. The molecule has 140 valence electrons. The van der Waals surface area contributed by atoms with Crippen molar-refractivity contribution in [3.05, 3.63) is 83.4 Å². The van der Waals surface area contributed by atoms with Crippen molar-refractivity contribution >= 4 is 0 Å². The number of benzene rings is 2. The third-order valence-electron chi connectivity index (χ3n) is 4.60. The van der Waals surface area contributed by atoms with Gasteiger partial charge in [-0.2, -0.15) is 0 Å². The molecule has 0 aliphatic heterocycles. The van der Waals surface area contributed by atoms with Gasteiger partial charge in [0.05, 0.1) is 5.69 Å². The molecule has 1 aromatic heterocycles. The maximum Gasteiger partial charge on any atom is 0.123 e. The second kappa shape index (κ2) is 8.34. The number of para-hydroxylation sites is 1. The number of rotatable bonds is 6. The minimum atomic E-state index is -0.233. The quantitative estimate of drug-likeness (QED) is 0.485. The van der Waals surface area contributed by atoms with E-state index in [1.54, 1.807) is 0 Å². The first-order chi connectivity index (χ1) is 13.0. The smallest absolute Gasteiger partial charge is 0.123 e. The predicted octanol–water partition coefficient (Wildman–Crippen LogP) is 6.71. The molecule has 0 aliphatic carbocycles. The van der Waals surface area contributed by atoms with Crippen LogP contribution in [0.15, 0.2) is 60.7 Å². The SMILES string of the molecule is CC(C)c1cc(-c2ccc(F)cc2)c(COc2ccccc2)c(C(C)C)n1. The number of hydrogen-bond acceptors (Lipinski definition) is 2. The molecular weight excluding hydrogens is 337 g/mol. The van der Waals surface area contributed by atoms with Gasteiger partial charge in [-0.3, -0.25) is 4.98 Å². The van der Waals surface area contributed by atoms with E-state index in [1.165, 1.54) is 12.1 Å². The van der Waals surface area contributed by atoms with Gasteiger partial charge < -0.3 is 4.74 Å². The van der Waals surface area contributed by atoms with E-state index in [1.807, 2.05) is 42.5 Å². The molecule has 3 heteroatoms. The summed E-state index contributed by atoms with van der Waals surface area (Å²) in [4.78, 5) is 4.93. The van der Waals surface area contributed by atoms with Crippen LogP contribution >= 0.6 is 0 Å². The average Bonchev–Trinajstić information content (AvgIpc) is 2.67. The Kier molecular flexibility index (Phi) is 5.90. The van der Waals surface area contributed by atoms with Gasteiger partial charge in [0.1, 0.15) is 18.2 Å². The number of hydrogen-bond donors (Lipinski definition) is 0. The van der Waals surface area contributed by atoms with Gasteiger partial charge in [-0.15, -0.1) is 0 Å². The molecule has 0 saturated heterocycles. The molecule has 2 aromatic carbocycles. The highest BCUT2D eigenvalue weighted by molar-refractivity contribution is 5.69. The fraction of sp³-hybridized carbons (Fsp3) is 0.292. The summed E-state index contributed by atoms with van der Waals surface area (Å²) < 4.78 is 19.5. The average molecular weight is 363 g/mol. The third-order valence-corrected chi connectivity index (χ3v) is 4.60. The van der Waals surface area contributed by atoms with Crippen molar-refractivity contribution in [2.45, 2.75) is 46.1 Å². The number of halogens is 1. The van der Waals surface area contributed by atoms with Crippen molar-refractivity contribution in [1.82, 2.24) is 4.98 Å². The highest BCUT2D eigenvalue weighted by Gasteiger charge is 2.18.